The number of rotatable bonds is 2. The molecule has 1 aromatic rings. The summed E-state index contributed by atoms with van der Waals surface area (Å²) in [6, 6.07) is 4.52. The van der Waals surface area contributed by atoms with E-state index in [1.807, 2.05) is 0 Å². The quantitative estimate of drug-likeness (QED) is 0.219. The Hall–Kier alpha value is -2.75. The van der Waals surface area contributed by atoms with Crippen molar-refractivity contribution in [2.24, 2.45) is 4.99 Å². The number of aliphatic imine (C=N–C) groups is 1. The van der Waals surface area contributed by atoms with E-state index in [9.17, 15) is 24.5 Å². The number of nitro benzene ring substituents is 1. The van der Waals surface area contributed by atoms with Gasteiger partial charge in [0, 0.05) is 19.1 Å². The van der Waals surface area contributed by atoms with Crippen molar-refractivity contribution in [3.05, 3.63) is 39.9 Å². The molecule has 0 aliphatic heterocycles. The van der Waals surface area contributed by atoms with Crippen LogP contribution < -0.4 is 5.32 Å². The van der Waals surface area contributed by atoms with Crippen LogP contribution in [0.3, 0.4) is 0 Å². The maximum atomic E-state index is 11.7. The third kappa shape index (κ3) is 5.32. The molecule has 9 nitrogen and oxygen atoms in total. The van der Waals surface area contributed by atoms with Gasteiger partial charge in [0.05, 0.1) is 10.5 Å². The number of esters is 1. The highest BCUT2D eigenvalue weighted by molar-refractivity contribution is 8.13. The first kappa shape index (κ1) is 17.3. The molecule has 10 heteroatoms. The molecule has 2 amide bonds. The summed E-state index contributed by atoms with van der Waals surface area (Å²) in [5, 5.41) is 12.7. The van der Waals surface area contributed by atoms with Gasteiger partial charge < -0.3 is 10.1 Å². The summed E-state index contributed by atoms with van der Waals surface area (Å²) in [4.78, 5) is 47.2. The van der Waals surface area contributed by atoms with E-state index >= 15 is 0 Å². The summed E-state index contributed by atoms with van der Waals surface area (Å²) in [7, 11) is 0. The van der Waals surface area contributed by atoms with Gasteiger partial charge in [-0.15, -0.1) is 0 Å². The molecular weight excluding hydrogens is 314 g/mol. The van der Waals surface area contributed by atoms with Gasteiger partial charge in [-0.1, -0.05) is 11.8 Å². The van der Waals surface area contributed by atoms with Crippen molar-refractivity contribution in [1.29, 1.82) is 0 Å². The highest BCUT2D eigenvalue weighted by Gasteiger charge is 2.15. The molecule has 0 unspecified atom stereocenters. The van der Waals surface area contributed by atoms with Crippen molar-refractivity contribution in [2.75, 3.05) is 6.26 Å². The molecule has 0 bridgehead atoms. The van der Waals surface area contributed by atoms with Crippen LogP contribution in [0, 0.1) is 10.1 Å². The molecule has 0 heterocycles. The lowest BCUT2D eigenvalue weighted by Gasteiger charge is -2.03. The molecule has 0 aliphatic carbocycles. The largest absolute Gasteiger partial charge is 0.444 e. The van der Waals surface area contributed by atoms with Crippen LogP contribution in [0.25, 0.3) is 0 Å². The summed E-state index contributed by atoms with van der Waals surface area (Å²) in [6.07, 6.45) is 0.363. The zero-order chi connectivity index (χ0) is 16.7. The number of carbonyl (C=O) groups excluding carboxylic acids is 3. The summed E-state index contributed by atoms with van der Waals surface area (Å²) >= 11 is 0.986. The summed E-state index contributed by atoms with van der Waals surface area (Å²) < 4.78 is 4.45. The van der Waals surface area contributed by atoms with E-state index in [1.165, 1.54) is 6.92 Å². The highest BCUT2D eigenvalue weighted by Crippen LogP contribution is 2.13. The SMILES string of the molecule is CSC(=NC(=O)OC(=O)c1ccc([N+](=O)[O-])cc1)NC(C)=O. The molecule has 0 saturated heterocycles. The molecule has 0 aromatic heterocycles. The Kier molecular flexibility index (Phi) is 6.20. The standard InChI is InChI=1S/C12H11N3O6S/c1-7(16)13-11(22-2)14-12(18)21-10(17)8-3-5-9(6-4-8)15(19)20/h3-6H,1-2H3,(H,13,14,16,18). The van der Waals surface area contributed by atoms with Gasteiger partial charge in [0.15, 0.2) is 5.17 Å². The Bertz CT molecular complexity index is 641. The number of amidine groups is 1. The summed E-state index contributed by atoms with van der Waals surface area (Å²) in [5.41, 5.74) is -0.240. The van der Waals surface area contributed by atoms with Gasteiger partial charge in [-0.2, -0.15) is 4.99 Å². The molecule has 1 N–H and O–H groups in total. The second-order valence-corrected chi connectivity index (χ2v) is 4.56. The minimum Gasteiger partial charge on any atom is -0.371 e. The predicted molar refractivity (Wildman–Crippen MR) is 78.7 cm³/mol. The van der Waals surface area contributed by atoms with Crippen molar-refractivity contribution >= 4 is 40.6 Å². The van der Waals surface area contributed by atoms with Crippen LogP contribution in [-0.2, 0) is 9.53 Å². The number of ether oxygens (including phenoxy) is 1. The van der Waals surface area contributed by atoms with Gasteiger partial charge in [0.1, 0.15) is 0 Å². The van der Waals surface area contributed by atoms with Gasteiger partial charge in [-0.05, 0) is 18.4 Å². The minimum atomic E-state index is -1.21. The molecule has 0 radical (unpaired) electrons. The van der Waals surface area contributed by atoms with Crippen LogP contribution in [0.5, 0.6) is 0 Å². The molecule has 0 aliphatic rings. The summed E-state index contributed by atoms with van der Waals surface area (Å²) in [5.74, 6) is -1.44. The molecule has 22 heavy (non-hydrogen) atoms. The first-order valence-electron chi connectivity index (χ1n) is 5.74. The molecule has 0 saturated carbocycles. The average Bonchev–Trinajstić information content (AvgIpc) is 2.45. The van der Waals surface area contributed by atoms with Gasteiger partial charge >= 0.3 is 12.1 Å². The molecule has 116 valence electrons. The number of amides is 2. The lowest BCUT2D eigenvalue weighted by atomic mass is 10.2. The van der Waals surface area contributed by atoms with Crippen LogP contribution in [-0.4, -0.2) is 34.3 Å². The first-order valence-corrected chi connectivity index (χ1v) is 6.97. The summed E-state index contributed by atoms with van der Waals surface area (Å²) in [6.45, 7) is 1.24. The lowest BCUT2D eigenvalue weighted by Crippen LogP contribution is -2.26. The molecule has 1 rings (SSSR count). The normalized spacial score (nSPS) is 10.7. The van der Waals surface area contributed by atoms with Crippen molar-refractivity contribution in [2.45, 2.75) is 6.92 Å². The third-order valence-electron chi connectivity index (χ3n) is 2.16. The van der Waals surface area contributed by atoms with Crippen molar-refractivity contribution in [1.82, 2.24) is 5.32 Å². The Balaban J connectivity index is 2.75. The third-order valence-corrected chi connectivity index (χ3v) is 2.74. The number of nitrogens with zero attached hydrogens (tertiary/aromatic N) is 2. The highest BCUT2D eigenvalue weighted by atomic mass is 32.2. The Labute approximate surface area is 128 Å². The number of thioether (sulfide) groups is 1. The van der Waals surface area contributed by atoms with E-state index in [-0.39, 0.29) is 16.4 Å². The number of hydrogen-bond donors (Lipinski definition) is 1. The van der Waals surface area contributed by atoms with Crippen LogP contribution >= 0.6 is 11.8 Å². The predicted octanol–water partition coefficient (Wildman–Crippen LogP) is 1.73. The maximum absolute atomic E-state index is 11.7. The van der Waals surface area contributed by atoms with Gasteiger partial charge in [0.25, 0.3) is 5.69 Å². The monoisotopic (exact) mass is 325 g/mol. The fourth-order valence-corrected chi connectivity index (χ4v) is 1.65. The minimum absolute atomic E-state index is 0.0194. The average molecular weight is 325 g/mol. The van der Waals surface area contributed by atoms with Gasteiger partial charge in [-0.25, -0.2) is 9.59 Å². The fraction of sp³-hybridized carbons (Fsp3) is 0.167. The lowest BCUT2D eigenvalue weighted by molar-refractivity contribution is -0.384. The molecule has 0 atom stereocenters. The van der Waals surface area contributed by atoms with Gasteiger partial charge in [-0.3, -0.25) is 14.9 Å². The van der Waals surface area contributed by atoms with Crippen LogP contribution in [0.15, 0.2) is 29.3 Å². The number of hydrogen-bond acceptors (Lipinski definition) is 7. The van der Waals surface area contributed by atoms with E-state index < -0.39 is 22.9 Å². The zero-order valence-corrected chi connectivity index (χ0v) is 12.4. The topological polar surface area (TPSA) is 128 Å². The van der Waals surface area contributed by atoms with Crippen LogP contribution in [0.4, 0.5) is 10.5 Å². The smallest absolute Gasteiger partial charge is 0.371 e. The first-order chi connectivity index (χ1) is 10.3. The second-order valence-electron chi connectivity index (χ2n) is 3.76. The molecular formula is C12H11N3O6S. The van der Waals surface area contributed by atoms with Gasteiger partial charge in [0.2, 0.25) is 5.91 Å². The molecule has 0 fully saturated rings. The van der Waals surface area contributed by atoms with Crippen molar-refractivity contribution in [3.63, 3.8) is 0 Å². The number of nitrogens with one attached hydrogen (secondary N) is 1. The Morgan fingerprint density at radius 3 is 2.32 bits per heavy atom. The number of nitro groups is 1. The van der Waals surface area contributed by atoms with Crippen molar-refractivity contribution < 1.29 is 24.0 Å². The number of benzene rings is 1. The van der Waals surface area contributed by atoms with Crippen molar-refractivity contribution in [3.8, 4) is 0 Å². The van der Waals surface area contributed by atoms with E-state index in [4.69, 9.17) is 0 Å². The Morgan fingerprint density at radius 2 is 1.86 bits per heavy atom. The molecule has 1 aromatic carbocycles. The fourth-order valence-electron chi connectivity index (χ4n) is 1.24. The maximum Gasteiger partial charge on any atom is 0.444 e. The van der Waals surface area contributed by atoms with E-state index in [0.29, 0.717) is 0 Å². The number of carbonyl (C=O) groups is 3. The van der Waals surface area contributed by atoms with E-state index in [2.05, 4.69) is 15.0 Å². The van der Waals surface area contributed by atoms with E-state index in [0.717, 1.165) is 36.0 Å². The zero-order valence-electron chi connectivity index (χ0n) is 11.6. The van der Waals surface area contributed by atoms with E-state index in [1.54, 1.807) is 6.26 Å². The van der Waals surface area contributed by atoms with Crippen LogP contribution in [0.1, 0.15) is 17.3 Å². The van der Waals surface area contributed by atoms with Crippen LogP contribution in [0.2, 0.25) is 0 Å². The number of non-ortho nitro benzene ring substituents is 1. The molecule has 0 spiro atoms. The Morgan fingerprint density at radius 1 is 1.27 bits per heavy atom. The second kappa shape index (κ2) is 7.88.